The van der Waals surface area contributed by atoms with Crippen molar-refractivity contribution in [2.24, 2.45) is 5.41 Å². The number of carboxylic acids is 1. The monoisotopic (exact) mass is 373 g/mol. The van der Waals surface area contributed by atoms with Crippen LogP contribution in [0.4, 0.5) is 5.69 Å². The molecule has 1 aromatic heterocycles. The number of aryl methyl sites for hydroxylation is 1. The van der Waals surface area contributed by atoms with Crippen molar-refractivity contribution in [1.29, 1.82) is 0 Å². The maximum absolute atomic E-state index is 12.2. The van der Waals surface area contributed by atoms with Crippen molar-refractivity contribution in [3.63, 3.8) is 0 Å². The number of ether oxygens (including phenoxy) is 1. The summed E-state index contributed by atoms with van der Waals surface area (Å²) in [6.45, 7) is 4.91. The number of thiophene rings is 1. The predicted molar refractivity (Wildman–Crippen MR) is 108 cm³/mol. The van der Waals surface area contributed by atoms with Gasteiger partial charge in [-0.2, -0.15) is 0 Å². The molecule has 0 spiro atoms. The van der Waals surface area contributed by atoms with Crippen LogP contribution in [0.15, 0.2) is 18.2 Å². The molecule has 0 fully saturated rings. The Bertz CT molecular complexity index is 836. The van der Waals surface area contributed by atoms with E-state index in [1.54, 1.807) is 18.4 Å². The number of fused-ring (bicyclic) bond motifs is 1. The Morgan fingerprint density at radius 1 is 1.35 bits per heavy atom. The molecule has 1 N–H and O–H groups in total. The number of hydrogen-bond donors (Lipinski definition) is 1. The molecule has 0 unspecified atom stereocenters. The molecule has 1 heterocycles. The first-order valence-corrected chi connectivity index (χ1v) is 9.72. The molecular weight excluding hydrogens is 346 g/mol. The summed E-state index contributed by atoms with van der Waals surface area (Å²) in [5.41, 5.74) is 4.77. The SMILES string of the molecule is COCc1cc(N(C)C)ccc1-c1sc2c(c1C(=O)O)CC(C)(C)CC2. The molecule has 26 heavy (non-hydrogen) atoms. The van der Waals surface area contributed by atoms with Gasteiger partial charge < -0.3 is 14.7 Å². The van der Waals surface area contributed by atoms with Crippen molar-refractivity contribution < 1.29 is 14.6 Å². The number of hydrogen-bond acceptors (Lipinski definition) is 4. The smallest absolute Gasteiger partial charge is 0.337 e. The highest BCUT2D eigenvalue weighted by Crippen LogP contribution is 2.46. The second-order valence-corrected chi connectivity index (χ2v) is 9.13. The summed E-state index contributed by atoms with van der Waals surface area (Å²) < 4.78 is 5.40. The highest BCUT2D eigenvalue weighted by molar-refractivity contribution is 7.16. The lowest BCUT2D eigenvalue weighted by atomic mass is 9.76. The van der Waals surface area contributed by atoms with Crippen LogP contribution in [0.5, 0.6) is 0 Å². The molecule has 0 amide bonds. The molecule has 0 aliphatic heterocycles. The van der Waals surface area contributed by atoms with Crippen molar-refractivity contribution >= 4 is 23.0 Å². The van der Waals surface area contributed by atoms with E-state index in [4.69, 9.17) is 4.74 Å². The number of benzene rings is 1. The van der Waals surface area contributed by atoms with Gasteiger partial charge in [-0.15, -0.1) is 11.3 Å². The minimum Gasteiger partial charge on any atom is -0.478 e. The van der Waals surface area contributed by atoms with E-state index in [0.29, 0.717) is 12.2 Å². The second kappa shape index (κ2) is 7.05. The third kappa shape index (κ3) is 3.51. The van der Waals surface area contributed by atoms with E-state index in [9.17, 15) is 9.90 Å². The number of carboxylic acid groups (broad SMARTS) is 1. The van der Waals surface area contributed by atoms with Crippen molar-refractivity contribution in [3.05, 3.63) is 39.8 Å². The van der Waals surface area contributed by atoms with Crippen molar-refractivity contribution in [2.75, 3.05) is 26.1 Å². The number of rotatable bonds is 5. The van der Waals surface area contributed by atoms with Crippen LogP contribution in [-0.4, -0.2) is 32.3 Å². The Morgan fingerprint density at radius 2 is 2.08 bits per heavy atom. The van der Waals surface area contributed by atoms with Gasteiger partial charge in [-0.1, -0.05) is 19.9 Å². The van der Waals surface area contributed by atoms with Gasteiger partial charge in [-0.05, 0) is 53.5 Å². The molecule has 0 saturated heterocycles. The van der Waals surface area contributed by atoms with Crippen LogP contribution >= 0.6 is 11.3 Å². The molecule has 5 heteroatoms. The van der Waals surface area contributed by atoms with E-state index in [1.165, 1.54) is 4.88 Å². The first-order chi connectivity index (χ1) is 12.2. The van der Waals surface area contributed by atoms with Gasteiger partial charge in [0, 0.05) is 36.6 Å². The van der Waals surface area contributed by atoms with E-state index in [-0.39, 0.29) is 5.41 Å². The Balaban J connectivity index is 2.18. The van der Waals surface area contributed by atoms with Crippen molar-refractivity contribution in [3.8, 4) is 10.4 Å². The van der Waals surface area contributed by atoms with Crippen LogP contribution in [-0.2, 0) is 24.2 Å². The van der Waals surface area contributed by atoms with Crippen LogP contribution in [0.25, 0.3) is 10.4 Å². The van der Waals surface area contributed by atoms with Crippen LogP contribution < -0.4 is 4.90 Å². The fourth-order valence-corrected chi connectivity index (χ4v) is 5.06. The van der Waals surface area contributed by atoms with Crippen LogP contribution in [0.3, 0.4) is 0 Å². The fourth-order valence-electron chi connectivity index (χ4n) is 3.69. The average molecular weight is 374 g/mol. The third-order valence-corrected chi connectivity index (χ3v) is 6.46. The lowest BCUT2D eigenvalue weighted by molar-refractivity contribution is 0.0696. The van der Waals surface area contributed by atoms with Crippen molar-refractivity contribution in [2.45, 2.75) is 39.7 Å². The van der Waals surface area contributed by atoms with E-state index in [2.05, 4.69) is 19.9 Å². The number of carbonyl (C=O) groups is 1. The van der Waals surface area contributed by atoms with E-state index < -0.39 is 5.97 Å². The average Bonchev–Trinajstić information content (AvgIpc) is 2.92. The highest BCUT2D eigenvalue weighted by atomic mass is 32.1. The highest BCUT2D eigenvalue weighted by Gasteiger charge is 2.33. The van der Waals surface area contributed by atoms with Gasteiger partial charge in [0.25, 0.3) is 0 Å². The standard InChI is InChI=1S/C21H27NO3S/c1-21(2)9-8-17-16(11-21)18(20(23)24)19(26-17)15-7-6-14(22(3)4)10-13(15)12-25-5/h6-7,10H,8-9,11-12H2,1-5H3,(H,23,24). The largest absolute Gasteiger partial charge is 0.478 e. The topological polar surface area (TPSA) is 49.8 Å². The zero-order valence-corrected chi connectivity index (χ0v) is 17.0. The molecule has 0 saturated carbocycles. The summed E-state index contributed by atoms with van der Waals surface area (Å²) in [5, 5.41) is 9.97. The van der Waals surface area contributed by atoms with Crippen LogP contribution in [0.1, 0.15) is 46.6 Å². The molecule has 1 aromatic carbocycles. The molecular formula is C21H27NO3S. The Hall–Kier alpha value is -1.85. The lowest BCUT2D eigenvalue weighted by Crippen LogP contribution is -2.22. The molecule has 2 aromatic rings. The van der Waals surface area contributed by atoms with Gasteiger partial charge in [0.15, 0.2) is 0 Å². The van der Waals surface area contributed by atoms with Crippen LogP contribution in [0.2, 0.25) is 0 Å². The third-order valence-electron chi connectivity index (χ3n) is 5.14. The van der Waals surface area contributed by atoms with E-state index >= 15 is 0 Å². The summed E-state index contributed by atoms with van der Waals surface area (Å²) in [6.07, 6.45) is 2.89. The van der Waals surface area contributed by atoms with Gasteiger partial charge in [0.05, 0.1) is 12.2 Å². The van der Waals surface area contributed by atoms with E-state index in [0.717, 1.165) is 46.5 Å². The minimum atomic E-state index is -0.824. The number of methoxy groups -OCH3 is 1. The van der Waals surface area contributed by atoms with Gasteiger partial charge in [-0.3, -0.25) is 0 Å². The van der Waals surface area contributed by atoms with Crippen LogP contribution in [0, 0.1) is 5.41 Å². The Morgan fingerprint density at radius 3 is 2.69 bits per heavy atom. The van der Waals surface area contributed by atoms with Crippen molar-refractivity contribution in [1.82, 2.24) is 0 Å². The Labute approximate surface area is 159 Å². The lowest BCUT2D eigenvalue weighted by Gasteiger charge is -2.29. The maximum atomic E-state index is 12.2. The molecule has 4 nitrogen and oxygen atoms in total. The summed E-state index contributed by atoms with van der Waals surface area (Å²) in [6, 6.07) is 6.18. The van der Waals surface area contributed by atoms with E-state index in [1.807, 2.05) is 31.1 Å². The maximum Gasteiger partial charge on any atom is 0.337 e. The predicted octanol–water partition coefficient (Wildman–Crippen LogP) is 4.84. The fraction of sp³-hybridized carbons (Fsp3) is 0.476. The van der Waals surface area contributed by atoms with Gasteiger partial charge in [0.1, 0.15) is 0 Å². The summed E-state index contributed by atoms with van der Waals surface area (Å²) in [5.74, 6) is -0.824. The van der Waals surface area contributed by atoms with Gasteiger partial charge >= 0.3 is 5.97 Å². The summed E-state index contributed by atoms with van der Waals surface area (Å²) in [4.78, 5) is 16.3. The minimum absolute atomic E-state index is 0.152. The normalized spacial score (nSPS) is 15.6. The molecule has 1 aliphatic rings. The zero-order valence-electron chi connectivity index (χ0n) is 16.2. The van der Waals surface area contributed by atoms with Gasteiger partial charge in [0.2, 0.25) is 0 Å². The first-order valence-electron chi connectivity index (χ1n) is 8.91. The number of anilines is 1. The molecule has 0 bridgehead atoms. The first kappa shape index (κ1) is 18.9. The Kier molecular flexibility index (Phi) is 5.13. The zero-order chi connectivity index (χ0) is 19.1. The number of nitrogens with zero attached hydrogens (tertiary/aromatic N) is 1. The number of aromatic carboxylic acids is 1. The molecule has 140 valence electrons. The molecule has 3 rings (SSSR count). The second-order valence-electron chi connectivity index (χ2n) is 8.02. The quantitative estimate of drug-likeness (QED) is 0.815. The molecule has 1 aliphatic carbocycles. The summed E-state index contributed by atoms with van der Waals surface area (Å²) >= 11 is 1.65. The molecule has 0 radical (unpaired) electrons. The van der Waals surface area contributed by atoms with Gasteiger partial charge in [-0.25, -0.2) is 4.79 Å². The summed E-state index contributed by atoms with van der Waals surface area (Å²) in [7, 11) is 5.67. The molecule has 0 atom stereocenters.